The maximum Gasteiger partial charge on any atom is -0.00147 e. The Labute approximate surface area is 89.2 Å². The van der Waals surface area contributed by atoms with Gasteiger partial charge in [-0.15, -0.1) is 0 Å². The van der Waals surface area contributed by atoms with Crippen molar-refractivity contribution in [3.05, 3.63) is 53.6 Å². The zero-order valence-electron chi connectivity index (χ0n) is 8.07. The van der Waals surface area contributed by atoms with E-state index < -0.39 is 0 Å². The fourth-order valence-corrected chi connectivity index (χ4v) is 2.16. The maximum absolute atomic E-state index is 3.85. The first-order chi connectivity index (χ1) is 6.90. The zero-order chi connectivity index (χ0) is 9.80. The van der Waals surface area contributed by atoms with E-state index in [0.717, 1.165) is 12.8 Å². The molecule has 0 saturated heterocycles. The lowest BCUT2D eigenvalue weighted by Crippen LogP contribution is -1.82. The summed E-state index contributed by atoms with van der Waals surface area (Å²) in [5.74, 6) is 0. The Balaban J connectivity index is 2.22. The first-order valence-electron chi connectivity index (χ1n) is 4.81. The summed E-state index contributed by atoms with van der Waals surface area (Å²) in [5.41, 5.74) is 3.99. The number of rotatable bonds is 3. The van der Waals surface area contributed by atoms with Gasteiger partial charge in [0.1, 0.15) is 0 Å². The normalized spacial score (nSPS) is 10.4. The molecule has 0 atom stereocenters. The van der Waals surface area contributed by atoms with Crippen LogP contribution in [0.25, 0.3) is 11.1 Å². The van der Waals surface area contributed by atoms with Gasteiger partial charge in [-0.05, 0) is 46.4 Å². The van der Waals surface area contributed by atoms with Crippen LogP contribution >= 0.6 is 11.3 Å². The molecule has 0 aliphatic rings. The second-order valence-corrected chi connectivity index (χ2v) is 4.09. The Hall–Kier alpha value is -1.08. The molecule has 0 aliphatic heterocycles. The topological polar surface area (TPSA) is 0 Å². The van der Waals surface area contributed by atoms with Gasteiger partial charge in [-0.3, -0.25) is 0 Å². The summed E-state index contributed by atoms with van der Waals surface area (Å²) in [5, 5.41) is 4.29. The minimum absolute atomic E-state index is 0.970. The molecular weight excluding hydrogens is 188 g/mol. The van der Waals surface area contributed by atoms with Crippen LogP contribution in [-0.2, 0) is 6.42 Å². The van der Waals surface area contributed by atoms with Crippen LogP contribution in [0.1, 0.15) is 12.0 Å². The average Bonchev–Trinajstić information content (AvgIpc) is 2.72. The molecule has 71 valence electrons. The molecule has 0 N–H and O–H groups in total. The van der Waals surface area contributed by atoms with E-state index in [9.17, 15) is 0 Å². The monoisotopic (exact) mass is 201 g/mol. The van der Waals surface area contributed by atoms with Gasteiger partial charge in [0, 0.05) is 0 Å². The predicted octanol–water partition coefficient (Wildman–Crippen LogP) is 4.18. The number of hydrogen-bond donors (Lipinski definition) is 0. The van der Waals surface area contributed by atoms with Crippen molar-refractivity contribution in [2.24, 2.45) is 0 Å². The maximum atomic E-state index is 3.85. The standard InChI is InChI=1S/C13H13S/c1-2-3-11-4-6-12(7-5-11)13-8-9-14-10-13/h4-10H,1-3H2. The minimum atomic E-state index is 0.970. The first-order valence-corrected chi connectivity index (χ1v) is 5.75. The van der Waals surface area contributed by atoms with E-state index in [4.69, 9.17) is 0 Å². The quantitative estimate of drug-likeness (QED) is 0.698. The lowest BCUT2D eigenvalue weighted by Gasteiger charge is -2.00. The molecule has 2 aromatic rings. The van der Waals surface area contributed by atoms with Crippen LogP contribution in [0.4, 0.5) is 0 Å². The van der Waals surface area contributed by atoms with Crippen molar-refractivity contribution in [1.29, 1.82) is 0 Å². The third-order valence-corrected chi connectivity index (χ3v) is 2.96. The smallest absolute Gasteiger partial charge is 0.00147 e. The van der Waals surface area contributed by atoms with Crippen LogP contribution in [-0.4, -0.2) is 0 Å². The van der Waals surface area contributed by atoms with E-state index in [1.807, 2.05) is 0 Å². The molecule has 0 saturated carbocycles. The average molecular weight is 201 g/mol. The number of benzene rings is 1. The van der Waals surface area contributed by atoms with Gasteiger partial charge in [-0.2, -0.15) is 11.3 Å². The minimum Gasteiger partial charge on any atom is -0.152 e. The number of aryl methyl sites for hydroxylation is 1. The van der Waals surface area contributed by atoms with Gasteiger partial charge in [0.05, 0.1) is 0 Å². The van der Waals surface area contributed by atoms with Gasteiger partial charge in [0.25, 0.3) is 0 Å². The van der Waals surface area contributed by atoms with E-state index in [0.29, 0.717) is 0 Å². The van der Waals surface area contributed by atoms with Crippen LogP contribution in [0.15, 0.2) is 41.1 Å². The Bertz CT molecular complexity index is 370. The summed E-state index contributed by atoms with van der Waals surface area (Å²) >= 11 is 1.74. The summed E-state index contributed by atoms with van der Waals surface area (Å²) < 4.78 is 0. The van der Waals surface area contributed by atoms with Crippen LogP contribution in [0, 0.1) is 6.92 Å². The van der Waals surface area contributed by atoms with Crippen molar-refractivity contribution in [3.8, 4) is 11.1 Å². The summed E-state index contributed by atoms with van der Waals surface area (Å²) in [4.78, 5) is 0. The van der Waals surface area contributed by atoms with E-state index in [2.05, 4.69) is 48.0 Å². The summed E-state index contributed by atoms with van der Waals surface area (Å²) in [6.07, 6.45) is 2.04. The van der Waals surface area contributed by atoms with Gasteiger partial charge in [-0.25, -0.2) is 0 Å². The largest absolute Gasteiger partial charge is 0.152 e. The summed E-state index contributed by atoms with van der Waals surface area (Å²) in [7, 11) is 0. The highest BCUT2D eigenvalue weighted by Crippen LogP contribution is 2.22. The summed E-state index contributed by atoms with van der Waals surface area (Å²) in [6, 6.07) is 10.9. The Morgan fingerprint density at radius 3 is 2.36 bits per heavy atom. The molecule has 1 aromatic heterocycles. The fraction of sp³-hybridized carbons (Fsp3) is 0.154. The molecule has 14 heavy (non-hydrogen) atoms. The third-order valence-electron chi connectivity index (χ3n) is 2.27. The van der Waals surface area contributed by atoms with Crippen LogP contribution in [0.2, 0.25) is 0 Å². The van der Waals surface area contributed by atoms with Crippen LogP contribution < -0.4 is 0 Å². The fourth-order valence-electron chi connectivity index (χ4n) is 1.50. The molecule has 1 heterocycles. The van der Waals surface area contributed by atoms with Gasteiger partial charge < -0.3 is 0 Å². The van der Waals surface area contributed by atoms with Gasteiger partial charge in [0.15, 0.2) is 0 Å². The second kappa shape index (κ2) is 4.43. The third kappa shape index (κ3) is 2.05. The lowest BCUT2D eigenvalue weighted by atomic mass is 10.0. The molecule has 0 aliphatic carbocycles. The molecule has 0 unspecified atom stereocenters. The number of thiophene rings is 1. The highest BCUT2D eigenvalue weighted by Gasteiger charge is 1.97. The van der Waals surface area contributed by atoms with Gasteiger partial charge in [0.2, 0.25) is 0 Å². The Kier molecular flexibility index (Phi) is 3.00. The van der Waals surface area contributed by atoms with Crippen molar-refractivity contribution in [1.82, 2.24) is 0 Å². The van der Waals surface area contributed by atoms with Crippen LogP contribution in [0.3, 0.4) is 0 Å². The van der Waals surface area contributed by atoms with Gasteiger partial charge >= 0.3 is 0 Å². The lowest BCUT2D eigenvalue weighted by molar-refractivity contribution is 1.000. The first kappa shape index (κ1) is 9.47. The van der Waals surface area contributed by atoms with Crippen molar-refractivity contribution < 1.29 is 0 Å². The van der Waals surface area contributed by atoms with E-state index in [1.54, 1.807) is 11.3 Å². The molecule has 2 rings (SSSR count). The van der Waals surface area contributed by atoms with E-state index >= 15 is 0 Å². The summed E-state index contributed by atoms with van der Waals surface area (Å²) in [6.45, 7) is 3.85. The Morgan fingerprint density at radius 2 is 1.79 bits per heavy atom. The molecule has 0 spiro atoms. The molecule has 1 radical (unpaired) electrons. The van der Waals surface area contributed by atoms with E-state index in [-0.39, 0.29) is 0 Å². The predicted molar refractivity (Wildman–Crippen MR) is 63.4 cm³/mol. The molecule has 0 fully saturated rings. The molecule has 0 nitrogen and oxygen atoms in total. The second-order valence-electron chi connectivity index (χ2n) is 3.31. The van der Waals surface area contributed by atoms with Crippen molar-refractivity contribution >= 4 is 11.3 Å². The van der Waals surface area contributed by atoms with Crippen molar-refractivity contribution in [2.75, 3.05) is 0 Å². The molecule has 1 heteroatoms. The highest BCUT2D eigenvalue weighted by atomic mass is 32.1. The SMILES string of the molecule is [CH2]CCc1ccc(-c2ccsc2)cc1. The Morgan fingerprint density at radius 1 is 1.00 bits per heavy atom. The highest BCUT2D eigenvalue weighted by molar-refractivity contribution is 7.08. The molecular formula is C13H13S. The van der Waals surface area contributed by atoms with Gasteiger partial charge in [-0.1, -0.05) is 31.2 Å². The zero-order valence-corrected chi connectivity index (χ0v) is 8.89. The van der Waals surface area contributed by atoms with Crippen molar-refractivity contribution in [2.45, 2.75) is 12.8 Å². The number of hydrogen-bond acceptors (Lipinski definition) is 1. The van der Waals surface area contributed by atoms with E-state index in [1.165, 1.54) is 16.7 Å². The van der Waals surface area contributed by atoms with Crippen molar-refractivity contribution in [3.63, 3.8) is 0 Å². The molecule has 1 aromatic carbocycles. The van der Waals surface area contributed by atoms with Crippen LogP contribution in [0.5, 0.6) is 0 Å². The molecule has 0 amide bonds. The molecule has 0 bridgehead atoms.